The summed E-state index contributed by atoms with van der Waals surface area (Å²) in [5, 5.41) is 3.26. The molecule has 0 heterocycles. The zero-order valence-electron chi connectivity index (χ0n) is 27.5. The molecule has 0 saturated heterocycles. The number of ether oxygens (including phenoxy) is 2. The predicted molar refractivity (Wildman–Crippen MR) is 203 cm³/mol. The summed E-state index contributed by atoms with van der Waals surface area (Å²) in [4.78, 5) is 0. The van der Waals surface area contributed by atoms with Crippen molar-refractivity contribution in [3.63, 3.8) is 0 Å². The number of hydrogen-bond donors (Lipinski definition) is 0. The van der Waals surface area contributed by atoms with Gasteiger partial charge in [-0.15, -0.1) is 0 Å². The second-order valence-electron chi connectivity index (χ2n) is 11.6. The summed E-state index contributed by atoms with van der Waals surface area (Å²) in [7, 11) is -2.88. The first-order chi connectivity index (χ1) is 21.3. The fourth-order valence-corrected chi connectivity index (χ4v) is 14.8. The highest BCUT2D eigenvalue weighted by Crippen LogP contribution is 2.27. The van der Waals surface area contributed by atoms with Crippen LogP contribution >= 0.6 is 31.9 Å². The van der Waals surface area contributed by atoms with E-state index >= 15 is 0 Å². The topological polar surface area (TPSA) is 18.5 Å². The zero-order chi connectivity index (χ0) is 32.0. The highest BCUT2D eigenvalue weighted by molar-refractivity contribution is 9.11. The summed E-state index contributed by atoms with van der Waals surface area (Å²) < 4.78 is 14.1. The molecule has 0 radical (unpaired) electrons. The monoisotopic (exact) mass is 752 g/mol. The minimum absolute atomic E-state index is 0.587. The van der Waals surface area contributed by atoms with Crippen molar-refractivity contribution in [2.45, 2.75) is 91.0 Å². The van der Waals surface area contributed by atoms with Crippen LogP contribution in [0.5, 0.6) is 11.5 Å². The van der Waals surface area contributed by atoms with Gasteiger partial charge in [-0.2, -0.15) is 0 Å². The Balaban J connectivity index is 0.000000278. The van der Waals surface area contributed by atoms with E-state index in [0.717, 1.165) is 20.4 Å². The lowest BCUT2D eigenvalue weighted by molar-refractivity contribution is 0.306. The van der Waals surface area contributed by atoms with Crippen molar-refractivity contribution in [2.24, 2.45) is 0 Å². The highest BCUT2D eigenvalue weighted by atomic mass is 79.9. The van der Waals surface area contributed by atoms with Gasteiger partial charge in [0.05, 0.1) is 16.1 Å². The molecule has 0 fully saturated rings. The van der Waals surface area contributed by atoms with Crippen molar-refractivity contribution in [2.75, 3.05) is 0 Å². The lowest BCUT2D eigenvalue weighted by atomic mass is 10.2. The van der Waals surface area contributed by atoms with Crippen LogP contribution < -0.4 is 19.8 Å². The molecule has 0 amide bonds. The molecule has 0 spiro atoms. The van der Waals surface area contributed by atoms with E-state index in [0.29, 0.717) is 13.2 Å². The average molecular weight is 755 g/mol. The van der Waals surface area contributed by atoms with Gasteiger partial charge in [0.1, 0.15) is 24.7 Å². The van der Waals surface area contributed by atoms with E-state index in [9.17, 15) is 0 Å². The Morgan fingerprint density at radius 3 is 1.14 bits per heavy atom. The molecular weight excluding hydrogens is 704 g/mol. The summed E-state index contributed by atoms with van der Waals surface area (Å²) in [6.07, 6.45) is 0. The normalized spacial score (nSPS) is 11.5. The Morgan fingerprint density at radius 1 is 0.455 bits per heavy atom. The fraction of sp³-hybridized carbons (Fsp3) is 0.368. The van der Waals surface area contributed by atoms with Crippen LogP contribution in [0.3, 0.4) is 0 Å². The van der Waals surface area contributed by atoms with E-state index in [1.165, 1.54) is 47.4 Å². The van der Waals surface area contributed by atoms with Crippen LogP contribution in [0.1, 0.15) is 52.7 Å². The van der Waals surface area contributed by atoms with Crippen molar-refractivity contribution < 1.29 is 9.47 Å². The van der Waals surface area contributed by atoms with E-state index in [1.807, 2.05) is 48.5 Å². The number of halogens is 2. The molecule has 4 rings (SSSR count). The molecule has 0 aliphatic rings. The fourth-order valence-electron chi connectivity index (χ4n) is 6.11. The molecule has 0 N–H and O–H groups in total. The summed E-state index contributed by atoms with van der Waals surface area (Å²) >= 11 is 6.86. The maximum atomic E-state index is 6.38. The van der Waals surface area contributed by atoms with Crippen LogP contribution in [0.15, 0.2) is 106 Å². The molecule has 0 atom stereocenters. The van der Waals surface area contributed by atoms with Crippen LogP contribution in [0.2, 0.25) is 36.3 Å². The summed E-state index contributed by atoms with van der Waals surface area (Å²) in [5.41, 5.74) is 2.41. The molecule has 0 aromatic heterocycles. The molecule has 2 nitrogen and oxygen atoms in total. The van der Waals surface area contributed by atoms with Crippen molar-refractivity contribution >= 4 is 58.4 Å². The van der Waals surface area contributed by atoms with Gasteiger partial charge in [0, 0.05) is 8.95 Å². The maximum absolute atomic E-state index is 6.38. The van der Waals surface area contributed by atoms with Crippen molar-refractivity contribution in [3.8, 4) is 11.5 Å². The van der Waals surface area contributed by atoms with E-state index < -0.39 is 16.1 Å². The minimum Gasteiger partial charge on any atom is -0.489 e. The Bertz CT molecular complexity index is 1330. The number of benzene rings is 4. The van der Waals surface area contributed by atoms with Crippen LogP contribution in [0, 0.1) is 0 Å². The third-order valence-corrected chi connectivity index (χ3v) is 21.6. The molecule has 4 aromatic rings. The van der Waals surface area contributed by atoms with E-state index in [4.69, 9.17) is 9.47 Å². The van der Waals surface area contributed by atoms with Gasteiger partial charge in [-0.05, 0) is 41.5 Å². The average Bonchev–Trinajstić information content (AvgIpc) is 3.06. The maximum Gasteiger partial charge on any atom is 0.122 e. The summed E-state index contributed by atoms with van der Waals surface area (Å²) in [5.74, 6) is 1.95. The van der Waals surface area contributed by atoms with Gasteiger partial charge in [-0.25, -0.2) is 0 Å². The Kier molecular flexibility index (Phi) is 15.0. The lowest BCUT2D eigenvalue weighted by Crippen LogP contribution is -2.52. The molecule has 0 bridgehead atoms. The van der Waals surface area contributed by atoms with Crippen LogP contribution in [-0.2, 0) is 13.2 Å². The first-order valence-corrected chi connectivity index (χ1v) is 23.0. The van der Waals surface area contributed by atoms with E-state index in [2.05, 4.69) is 122 Å². The Morgan fingerprint density at radius 2 is 0.795 bits per heavy atom. The predicted octanol–water partition coefficient (Wildman–Crippen LogP) is 11.5. The Hall–Kier alpha value is -2.13. The van der Waals surface area contributed by atoms with Crippen molar-refractivity contribution in [1.29, 1.82) is 0 Å². The van der Waals surface area contributed by atoms with E-state index in [-0.39, 0.29) is 0 Å². The molecule has 0 saturated carbocycles. The summed E-state index contributed by atoms with van der Waals surface area (Å²) in [6, 6.07) is 41.9. The summed E-state index contributed by atoms with van der Waals surface area (Å²) in [6.45, 7) is 15.7. The van der Waals surface area contributed by atoms with Gasteiger partial charge < -0.3 is 9.47 Å². The van der Waals surface area contributed by atoms with Crippen LogP contribution in [0.25, 0.3) is 0 Å². The third-order valence-electron chi connectivity index (χ3n) is 9.52. The standard InChI is InChI=1S/C25H40OSi2.C13H10Br2O/c1-7-27(8-2,9-3)24-18-23(26-21-22-16-14-13-15-17-22)19-25(20-24)28(10-4,11-5)12-6;14-11-6-12(15)8-13(7-11)16-9-10-4-2-1-3-5-10/h13-20H,7-12,21H2,1-6H3;1-8H,9H2. The molecule has 0 aliphatic heterocycles. The molecule has 0 unspecified atom stereocenters. The first-order valence-electron chi connectivity index (χ1n) is 16.2. The third kappa shape index (κ3) is 9.94. The van der Waals surface area contributed by atoms with E-state index in [1.54, 1.807) is 10.4 Å². The van der Waals surface area contributed by atoms with Gasteiger partial charge in [0.15, 0.2) is 0 Å². The van der Waals surface area contributed by atoms with Crippen molar-refractivity contribution in [1.82, 2.24) is 0 Å². The number of hydrogen-bond acceptors (Lipinski definition) is 2. The highest BCUT2D eigenvalue weighted by Gasteiger charge is 2.34. The Labute approximate surface area is 285 Å². The SMILES string of the molecule is Brc1cc(Br)cc(OCc2ccccc2)c1.CC[Si](CC)(CC)c1cc(OCc2ccccc2)cc([Si](CC)(CC)CC)c1. The van der Waals surface area contributed by atoms with Crippen molar-refractivity contribution in [3.05, 3.63) is 117 Å². The molecule has 0 aliphatic carbocycles. The second-order valence-corrected chi connectivity index (χ2v) is 23.9. The van der Waals surface area contributed by atoms with Crippen LogP contribution in [-0.4, -0.2) is 16.1 Å². The van der Waals surface area contributed by atoms with Gasteiger partial charge >= 0.3 is 0 Å². The molecular formula is C38H50Br2O2Si2. The zero-order valence-corrected chi connectivity index (χ0v) is 32.6. The van der Waals surface area contributed by atoms with Gasteiger partial charge in [-0.1, -0.05) is 187 Å². The molecule has 6 heteroatoms. The van der Waals surface area contributed by atoms with Crippen LogP contribution in [0.4, 0.5) is 0 Å². The second kappa shape index (κ2) is 18.1. The smallest absolute Gasteiger partial charge is 0.122 e. The largest absolute Gasteiger partial charge is 0.489 e. The lowest BCUT2D eigenvalue weighted by Gasteiger charge is -2.34. The number of rotatable bonds is 14. The molecule has 44 heavy (non-hydrogen) atoms. The first kappa shape index (κ1) is 36.3. The van der Waals surface area contributed by atoms with Gasteiger partial charge in [-0.3, -0.25) is 0 Å². The quantitative estimate of drug-likeness (QED) is 0.119. The molecule has 4 aromatic carbocycles. The van der Waals surface area contributed by atoms with Gasteiger partial charge in [0.25, 0.3) is 0 Å². The minimum atomic E-state index is -1.44. The molecule has 236 valence electrons. The van der Waals surface area contributed by atoms with Gasteiger partial charge in [0.2, 0.25) is 0 Å².